The lowest BCUT2D eigenvalue weighted by Crippen LogP contribution is -2.37. The Morgan fingerprint density at radius 3 is 1.00 bits per heavy atom. The van der Waals surface area contributed by atoms with E-state index in [1.165, 1.54) is 12.8 Å². The van der Waals surface area contributed by atoms with Gasteiger partial charge < -0.3 is 18.9 Å². The number of ether oxygens (including phenoxy) is 2. The quantitative estimate of drug-likeness (QED) is 0.0211. The molecule has 0 spiro atoms. The summed E-state index contributed by atoms with van der Waals surface area (Å²) in [5.74, 6) is -0.927. The van der Waals surface area contributed by atoms with E-state index >= 15 is 0 Å². The van der Waals surface area contributed by atoms with Crippen molar-refractivity contribution in [1.82, 2.24) is 0 Å². The predicted molar refractivity (Wildman–Crippen MR) is 361 cm³/mol. The van der Waals surface area contributed by atoms with E-state index in [4.69, 9.17) is 18.5 Å². The first-order valence-corrected chi connectivity index (χ1v) is 33.3. The number of nitrogens with zero attached hydrogens (tertiary/aromatic N) is 1. The van der Waals surface area contributed by atoms with E-state index in [0.717, 1.165) is 141 Å². The van der Waals surface area contributed by atoms with Gasteiger partial charge in [0.05, 0.1) is 27.7 Å². The summed E-state index contributed by atoms with van der Waals surface area (Å²) >= 11 is 0. The first-order valence-electron chi connectivity index (χ1n) is 31.8. The van der Waals surface area contributed by atoms with Crippen LogP contribution in [0.3, 0.4) is 0 Å². The summed E-state index contributed by atoms with van der Waals surface area (Å²) < 4.78 is 34.5. The molecule has 0 aliphatic heterocycles. The van der Waals surface area contributed by atoms with Crippen molar-refractivity contribution in [3.63, 3.8) is 0 Å². The Kier molecular flexibility index (Phi) is 58.1. The van der Waals surface area contributed by atoms with Gasteiger partial charge in [-0.05, 0) is 135 Å². The van der Waals surface area contributed by atoms with Gasteiger partial charge in [0.15, 0.2) is 6.10 Å². The fourth-order valence-electron chi connectivity index (χ4n) is 7.51. The van der Waals surface area contributed by atoms with Gasteiger partial charge in [0.2, 0.25) is 0 Å². The fourth-order valence-corrected chi connectivity index (χ4v) is 8.26. The topological polar surface area (TPSA) is 108 Å². The van der Waals surface area contributed by atoms with Gasteiger partial charge in [-0.25, -0.2) is 4.57 Å². The van der Waals surface area contributed by atoms with Crippen LogP contribution >= 0.6 is 7.82 Å². The lowest BCUT2D eigenvalue weighted by molar-refractivity contribution is -0.870. The molecule has 0 heterocycles. The monoisotopic (exact) mass is 1180 g/mol. The van der Waals surface area contributed by atoms with Gasteiger partial charge in [-0.15, -0.1) is 0 Å². The largest absolute Gasteiger partial charge is 0.472 e. The van der Waals surface area contributed by atoms with Crippen molar-refractivity contribution in [2.75, 3.05) is 47.5 Å². The third-order valence-corrected chi connectivity index (χ3v) is 13.3. The Morgan fingerprint density at radius 1 is 0.369 bits per heavy atom. The number of quaternary nitrogens is 1. The number of allylic oxidation sites excluding steroid dienone is 34. The molecule has 84 heavy (non-hydrogen) atoms. The molecular weight excluding hydrogens is 1060 g/mol. The van der Waals surface area contributed by atoms with Crippen LogP contribution < -0.4 is 0 Å². The van der Waals surface area contributed by atoms with Crippen molar-refractivity contribution >= 4 is 19.8 Å². The number of carbonyl (C=O) groups is 2. The fraction of sp³-hybridized carbons (Fsp3) is 0.514. The van der Waals surface area contributed by atoms with Gasteiger partial charge in [-0.1, -0.05) is 253 Å². The van der Waals surface area contributed by atoms with Crippen molar-refractivity contribution in [3.05, 3.63) is 207 Å². The molecule has 10 heteroatoms. The van der Waals surface area contributed by atoms with Crippen molar-refractivity contribution in [3.8, 4) is 0 Å². The molecule has 0 amide bonds. The summed E-state index contributed by atoms with van der Waals surface area (Å²) in [6.07, 6.45) is 99.3. The Balaban J connectivity index is 4.24. The van der Waals surface area contributed by atoms with Crippen LogP contribution in [0.1, 0.15) is 194 Å². The molecule has 0 saturated carbocycles. The lowest BCUT2D eigenvalue weighted by Gasteiger charge is -2.24. The van der Waals surface area contributed by atoms with Crippen LogP contribution in [0, 0.1) is 0 Å². The number of likely N-dealkylation sites (N-methyl/N-ethyl adjacent to an activating group) is 1. The highest BCUT2D eigenvalue weighted by atomic mass is 31.2. The smallest absolute Gasteiger partial charge is 0.462 e. The van der Waals surface area contributed by atoms with Gasteiger partial charge in [0.1, 0.15) is 19.8 Å². The SMILES string of the molecule is CC/C=C\C/C=C\C/C=C\C/C=C\C/C=C\C/C=C\C/C=C\C/C=C\C/C=C\C/C=C\C/C=C\CCCCCCCCCC(=O)OC(COC(=O)CC/C=C\C/C=C\C/C=C\C/C=C\C/C=C\C/C=C\CC)COP(=O)(O)OCC[N+](C)(C)C. The predicted octanol–water partition coefficient (Wildman–Crippen LogP) is 20.7. The van der Waals surface area contributed by atoms with Crippen molar-refractivity contribution in [2.45, 2.75) is 200 Å². The van der Waals surface area contributed by atoms with Crippen LogP contribution in [0.4, 0.5) is 0 Å². The van der Waals surface area contributed by atoms with Gasteiger partial charge in [0.25, 0.3) is 0 Å². The summed E-state index contributed by atoms with van der Waals surface area (Å²) in [7, 11) is 1.40. The molecule has 468 valence electrons. The minimum atomic E-state index is -4.42. The maximum absolute atomic E-state index is 12.8. The number of phosphoric acid groups is 1. The Bertz CT molecular complexity index is 2170. The minimum Gasteiger partial charge on any atom is -0.462 e. The highest BCUT2D eigenvalue weighted by Gasteiger charge is 2.27. The zero-order valence-corrected chi connectivity index (χ0v) is 53.9. The Morgan fingerprint density at radius 2 is 0.667 bits per heavy atom. The summed E-state index contributed by atoms with van der Waals surface area (Å²) in [5.41, 5.74) is 0. The van der Waals surface area contributed by atoms with Crippen LogP contribution in [0.5, 0.6) is 0 Å². The van der Waals surface area contributed by atoms with Crippen molar-refractivity contribution < 1.29 is 42.1 Å². The highest BCUT2D eigenvalue weighted by molar-refractivity contribution is 7.47. The molecule has 0 aromatic rings. The van der Waals surface area contributed by atoms with Crippen LogP contribution in [0.15, 0.2) is 207 Å². The van der Waals surface area contributed by atoms with E-state index in [1.54, 1.807) is 0 Å². The molecule has 0 rings (SSSR count). The molecule has 0 aromatic carbocycles. The van der Waals surface area contributed by atoms with Gasteiger partial charge in [-0.2, -0.15) is 0 Å². The number of hydrogen-bond acceptors (Lipinski definition) is 7. The maximum atomic E-state index is 12.8. The molecule has 0 bridgehead atoms. The van der Waals surface area contributed by atoms with Crippen molar-refractivity contribution in [1.29, 1.82) is 0 Å². The number of phosphoric ester groups is 1. The second kappa shape index (κ2) is 62.1. The summed E-state index contributed by atoms with van der Waals surface area (Å²) in [4.78, 5) is 35.7. The highest BCUT2D eigenvalue weighted by Crippen LogP contribution is 2.43. The van der Waals surface area contributed by atoms with Gasteiger partial charge in [0, 0.05) is 12.8 Å². The number of unbranched alkanes of at least 4 members (excludes halogenated alkanes) is 7. The Labute approximate surface area is 513 Å². The second-order valence-corrected chi connectivity index (χ2v) is 22.8. The van der Waals surface area contributed by atoms with Crippen LogP contribution in [-0.2, 0) is 32.7 Å². The molecule has 2 atom stereocenters. The zero-order valence-electron chi connectivity index (χ0n) is 53.0. The minimum absolute atomic E-state index is 0.00606. The van der Waals surface area contributed by atoms with E-state index in [0.29, 0.717) is 23.9 Å². The molecule has 2 unspecified atom stereocenters. The second-order valence-electron chi connectivity index (χ2n) is 21.3. The summed E-state index contributed by atoms with van der Waals surface area (Å²) in [6.45, 7) is 4.06. The first-order chi connectivity index (χ1) is 41.0. The third kappa shape index (κ3) is 65.7. The molecule has 0 radical (unpaired) electrons. The summed E-state index contributed by atoms with van der Waals surface area (Å²) in [5, 5.41) is 0. The van der Waals surface area contributed by atoms with E-state index in [9.17, 15) is 19.0 Å². The average Bonchev–Trinajstić information content (AvgIpc) is 3.61. The molecule has 0 aromatic heterocycles. The lowest BCUT2D eigenvalue weighted by atomic mass is 10.1. The van der Waals surface area contributed by atoms with E-state index < -0.39 is 32.5 Å². The van der Waals surface area contributed by atoms with Crippen LogP contribution in [-0.4, -0.2) is 74.9 Å². The molecule has 0 saturated heterocycles. The number of esters is 2. The maximum Gasteiger partial charge on any atom is 0.472 e. The molecule has 9 nitrogen and oxygen atoms in total. The van der Waals surface area contributed by atoms with Gasteiger partial charge >= 0.3 is 19.8 Å². The van der Waals surface area contributed by atoms with Crippen LogP contribution in [0.2, 0.25) is 0 Å². The van der Waals surface area contributed by atoms with E-state index in [1.807, 2.05) is 33.3 Å². The standard InChI is InChI=1S/C74H114NO8P/c1-6-8-10-12-14-16-18-20-22-24-26-27-28-29-30-31-32-33-34-35-36-37-38-39-40-41-42-43-44-45-46-47-49-51-53-55-57-59-61-63-65-67-74(77)83-72(71-82-84(78,79)81-69-68-75(3,4)5)70-80-73(76)66-64-62-60-58-56-54-52-50-48-25-23-21-19-17-15-13-11-9-7-2/h8-11,14-17,20-23,26-27,29-30,32-33,35-36,38-39,41-42,44-45,47-50,54,56,60,62,72H,6-7,12-13,18-19,24-25,28,31,34,37,40,43,46,51-53,55,57-59,61,63-71H2,1-5H3/p+1/b10-8-,11-9-,16-14-,17-15-,22-20-,23-21-,27-26-,30-29-,33-32-,36-35-,39-38-,42-41-,45-44-,49-47-,50-48-,56-54-,62-60-. The number of rotatable bonds is 55. The molecule has 0 fully saturated rings. The van der Waals surface area contributed by atoms with Crippen LogP contribution in [0.25, 0.3) is 0 Å². The molecular formula is C74H115NO8P+. The molecule has 0 aliphatic rings. The average molecular weight is 1180 g/mol. The number of hydrogen-bond donors (Lipinski definition) is 1. The summed E-state index contributed by atoms with van der Waals surface area (Å²) in [6, 6.07) is 0. The van der Waals surface area contributed by atoms with Gasteiger partial charge in [-0.3, -0.25) is 18.6 Å². The van der Waals surface area contributed by atoms with Crippen molar-refractivity contribution in [2.24, 2.45) is 0 Å². The first kappa shape index (κ1) is 78.6. The van der Waals surface area contributed by atoms with E-state index in [-0.39, 0.29) is 26.1 Å². The Hall–Kier alpha value is -5.41. The normalized spacial score (nSPS) is 14.6. The third-order valence-electron chi connectivity index (χ3n) is 12.3. The molecule has 1 N–H and O–H groups in total. The molecule has 0 aliphatic carbocycles. The van der Waals surface area contributed by atoms with E-state index in [2.05, 4.69) is 208 Å². The zero-order chi connectivity index (χ0) is 61.2. The number of carbonyl (C=O) groups excluding carboxylic acids is 2.